The molecule has 51 heavy (non-hydrogen) atoms. The summed E-state index contributed by atoms with van der Waals surface area (Å²) < 4.78 is 0. The molecule has 0 fully saturated rings. The minimum absolute atomic E-state index is 0.0959. The monoisotopic (exact) mass is 672 g/mol. The zero-order chi connectivity index (χ0) is 34.9. The standard InChI is InChI=1S/C47H41BN2Si/c1-32-16-22-36(23-17-32)49-43-26-20-34(3)28-41(43)48-42-29-35(4)21-27-44(42)50(37-24-18-33(2)19-25-37)46-31-40(30-45(49)47(46)48)51(5,38-12-8-6-9-13-38)39-14-10-7-11-15-39/h6-31H,1-5H3. The molecule has 0 atom stereocenters. The van der Waals surface area contributed by atoms with Crippen LogP contribution in [0.2, 0.25) is 6.55 Å². The summed E-state index contributed by atoms with van der Waals surface area (Å²) in [5.41, 5.74) is 16.6. The summed E-state index contributed by atoms with van der Waals surface area (Å²) in [4.78, 5) is 5.10. The highest BCUT2D eigenvalue weighted by molar-refractivity contribution is 7.11. The second kappa shape index (κ2) is 12.0. The molecule has 0 aliphatic carbocycles. The number of benzene rings is 7. The molecule has 4 heteroatoms. The van der Waals surface area contributed by atoms with Crippen LogP contribution in [0.5, 0.6) is 0 Å². The first-order valence-electron chi connectivity index (χ1n) is 18.1. The molecule has 0 amide bonds. The predicted octanol–water partition coefficient (Wildman–Crippen LogP) is 8.10. The van der Waals surface area contributed by atoms with Crippen molar-refractivity contribution in [1.82, 2.24) is 0 Å². The Hall–Kier alpha value is -5.58. The number of hydrogen-bond donors (Lipinski definition) is 0. The van der Waals surface area contributed by atoms with Crippen molar-refractivity contribution < 1.29 is 0 Å². The molecule has 0 saturated heterocycles. The summed E-state index contributed by atoms with van der Waals surface area (Å²) in [6.45, 7) is 11.4. The Labute approximate surface area is 303 Å². The van der Waals surface area contributed by atoms with Gasteiger partial charge in [0.25, 0.3) is 6.71 Å². The van der Waals surface area contributed by atoms with Gasteiger partial charge in [0.15, 0.2) is 0 Å². The van der Waals surface area contributed by atoms with Crippen molar-refractivity contribution in [2.45, 2.75) is 34.2 Å². The maximum absolute atomic E-state index is 2.56. The van der Waals surface area contributed by atoms with Gasteiger partial charge in [-0.25, -0.2) is 0 Å². The van der Waals surface area contributed by atoms with E-state index in [-0.39, 0.29) is 6.71 Å². The summed E-state index contributed by atoms with van der Waals surface area (Å²) in [6.07, 6.45) is 0. The average Bonchev–Trinajstić information content (AvgIpc) is 3.16. The Balaban J connectivity index is 1.44. The van der Waals surface area contributed by atoms with Crippen LogP contribution in [0.3, 0.4) is 0 Å². The van der Waals surface area contributed by atoms with E-state index in [9.17, 15) is 0 Å². The third kappa shape index (κ3) is 5.00. The first-order chi connectivity index (χ1) is 24.8. The number of nitrogens with zero attached hydrogens (tertiary/aromatic N) is 2. The van der Waals surface area contributed by atoms with E-state index < -0.39 is 8.07 Å². The second-order valence-corrected chi connectivity index (χ2v) is 18.7. The van der Waals surface area contributed by atoms with Gasteiger partial charge in [0.2, 0.25) is 0 Å². The highest BCUT2D eigenvalue weighted by atomic mass is 28.3. The van der Waals surface area contributed by atoms with Gasteiger partial charge in [-0.1, -0.05) is 138 Å². The smallest absolute Gasteiger partial charge is 0.252 e. The summed E-state index contributed by atoms with van der Waals surface area (Å²) in [7, 11) is -2.52. The lowest BCUT2D eigenvalue weighted by atomic mass is 9.33. The second-order valence-electron chi connectivity index (χ2n) is 14.7. The number of fused-ring (bicyclic) bond motifs is 4. The fourth-order valence-corrected chi connectivity index (χ4v) is 12.1. The van der Waals surface area contributed by atoms with Gasteiger partial charge in [-0.2, -0.15) is 0 Å². The molecule has 7 aromatic rings. The lowest BCUT2D eigenvalue weighted by molar-refractivity contribution is 1.24. The molecule has 2 aliphatic heterocycles. The zero-order valence-electron chi connectivity index (χ0n) is 30.0. The zero-order valence-corrected chi connectivity index (χ0v) is 31.0. The maximum atomic E-state index is 2.56. The van der Waals surface area contributed by atoms with Crippen LogP contribution in [-0.4, -0.2) is 14.8 Å². The van der Waals surface area contributed by atoms with Gasteiger partial charge < -0.3 is 9.80 Å². The normalized spacial score (nSPS) is 13.1. The Kier molecular flexibility index (Phi) is 7.41. The van der Waals surface area contributed by atoms with Crippen molar-refractivity contribution in [1.29, 1.82) is 0 Å². The lowest BCUT2D eigenvalue weighted by Gasteiger charge is -2.45. The van der Waals surface area contributed by atoms with Crippen molar-refractivity contribution in [3.8, 4) is 0 Å². The fourth-order valence-electron chi connectivity index (χ4n) is 8.52. The van der Waals surface area contributed by atoms with Crippen molar-refractivity contribution in [3.63, 3.8) is 0 Å². The molecule has 2 heterocycles. The molecular formula is C47H41BN2Si. The molecule has 0 spiro atoms. The quantitative estimate of drug-likeness (QED) is 0.135. The Bertz CT molecular complexity index is 2260. The highest BCUT2D eigenvalue weighted by Crippen LogP contribution is 2.44. The molecule has 0 saturated carbocycles. The maximum Gasteiger partial charge on any atom is 0.252 e. The van der Waals surface area contributed by atoms with E-state index in [1.54, 1.807) is 0 Å². The third-order valence-corrected chi connectivity index (χ3v) is 15.7. The van der Waals surface area contributed by atoms with Gasteiger partial charge >= 0.3 is 0 Å². The number of anilines is 6. The van der Waals surface area contributed by atoms with E-state index >= 15 is 0 Å². The Morgan fingerprint density at radius 1 is 0.392 bits per heavy atom. The Morgan fingerprint density at radius 2 is 0.784 bits per heavy atom. The molecule has 0 unspecified atom stereocenters. The largest absolute Gasteiger partial charge is 0.311 e. The van der Waals surface area contributed by atoms with Crippen molar-refractivity contribution in [2.75, 3.05) is 9.80 Å². The van der Waals surface area contributed by atoms with Crippen LogP contribution in [0.4, 0.5) is 34.1 Å². The van der Waals surface area contributed by atoms with Gasteiger partial charge in [-0.05, 0) is 108 Å². The molecule has 0 N–H and O–H groups in total. The topological polar surface area (TPSA) is 6.48 Å². The van der Waals surface area contributed by atoms with E-state index in [4.69, 9.17) is 0 Å². The lowest BCUT2D eigenvalue weighted by Crippen LogP contribution is -2.66. The van der Waals surface area contributed by atoms with Gasteiger partial charge in [0.05, 0.1) is 0 Å². The molecule has 9 rings (SSSR count). The van der Waals surface area contributed by atoms with Crippen LogP contribution >= 0.6 is 0 Å². The average molecular weight is 673 g/mol. The molecule has 0 radical (unpaired) electrons. The van der Waals surface area contributed by atoms with E-state index in [1.807, 2.05) is 0 Å². The third-order valence-electron chi connectivity index (χ3n) is 11.2. The predicted molar refractivity (Wildman–Crippen MR) is 223 cm³/mol. The highest BCUT2D eigenvalue weighted by Gasteiger charge is 2.45. The van der Waals surface area contributed by atoms with Gasteiger partial charge in [-0.15, -0.1) is 0 Å². The first kappa shape index (κ1) is 31.4. The van der Waals surface area contributed by atoms with E-state index in [0.29, 0.717) is 0 Å². The van der Waals surface area contributed by atoms with Crippen molar-refractivity contribution in [2.24, 2.45) is 0 Å². The molecule has 0 bridgehead atoms. The molecular weight excluding hydrogens is 631 g/mol. The first-order valence-corrected chi connectivity index (χ1v) is 20.6. The van der Waals surface area contributed by atoms with Crippen LogP contribution in [0.15, 0.2) is 158 Å². The van der Waals surface area contributed by atoms with Crippen LogP contribution in [0.25, 0.3) is 0 Å². The van der Waals surface area contributed by atoms with Crippen molar-refractivity contribution >= 4 is 80.9 Å². The molecule has 2 aliphatic rings. The van der Waals surface area contributed by atoms with Crippen LogP contribution in [0.1, 0.15) is 22.3 Å². The molecule has 246 valence electrons. The minimum Gasteiger partial charge on any atom is -0.311 e. The summed E-state index contributed by atoms with van der Waals surface area (Å²) in [5.74, 6) is 0. The van der Waals surface area contributed by atoms with E-state index in [1.165, 1.54) is 88.3 Å². The van der Waals surface area contributed by atoms with Gasteiger partial charge in [-0.3, -0.25) is 0 Å². The summed E-state index contributed by atoms with van der Waals surface area (Å²) in [6, 6.07) is 59.9. The minimum atomic E-state index is -2.52. The van der Waals surface area contributed by atoms with E-state index in [0.717, 1.165) is 0 Å². The Morgan fingerprint density at radius 3 is 1.20 bits per heavy atom. The molecule has 0 aromatic heterocycles. The number of hydrogen-bond acceptors (Lipinski definition) is 2. The van der Waals surface area contributed by atoms with Crippen LogP contribution < -0.4 is 41.7 Å². The van der Waals surface area contributed by atoms with Gasteiger partial charge in [0.1, 0.15) is 8.07 Å². The molecule has 7 aromatic carbocycles. The fraction of sp³-hybridized carbons (Fsp3) is 0.106. The van der Waals surface area contributed by atoms with Crippen LogP contribution in [0, 0.1) is 27.7 Å². The van der Waals surface area contributed by atoms with Crippen molar-refractivity contribution in [3.05, 3.63) is 180 Å². The van der Waals surface area contributed by atoms with E-state index in [2.05, 4.69) is 202 Å². The molecule has 2 nitrogen and oxygen atoms in total. The number of aryl methyl sites for hydroxylation is 4. The summed E-state index contributed by atoms with van der Waals surface area (Å²) in [5, 5.41) is 4.21. The SMILES string of the molecule is Cc1ccc(N2c3ccc(C)cc3B3c4cc(C)ccc4N(c4ccc(C)cc4)c4cc([Si](C)(c5ccccc5)c5ccccc5)cc2c43)cc1. The summed E-state index contributed by atoms with van der Waals surface area (Å²) >= 11 is 0. The van der Waals surface area contributed by atoms with Crippen LogP contribution in [-0.2, 0) is 0 Å². The van der Waals surface area contributed by atoms with Gasteiger partial charge in [0, 0.05) is 34.1 Å². The number of rotatable bonds is 5.